The highest BCUT2D eigenvalue weighted by atomic mass is 35.5. The molecule has 0 aliphatic carbocycles. The number of allylic oxidation sites excluding steroid dienone is 2. The molecule has 0 fully saturated rings. The zero-order chi connectivity index (χ0) is 13.3. The summed E-state index contributed by atoms with van der Waals surface area (Å²) in [7, 11) is 0. The summed E-state index contributed by atoms with van der Waals surface area (Å²) in [6, 6.07) is 6.21. The summed E-state index contributed by atoms with van der Waals surface area (Å²) >= 11 is 5.70. The first-order valence-electron chi connectivity index (χ1n) is 5.09. The van der Waals surface area contributed by atoms with Crippen molar-refractivity contribution in [2.75, 3.05) is 6.54 Å². The van der Waals surface area contributed by atoms with E-state index in [-0.39, 0.29) is 12.2 Å². The quantitative estimate of drug-likeness (QED) is 0.841. The molecular weight excluding hydrogens is 267 g/mol. The van der Waals surface area contributed by atoms with Crippen LogP contribution in [0.2, 0.25) is 5.02 Å². The number of rotatable bonds is 1. The van der Waals surface area contributed by atoms with Gasteiger partial charge < -0.3 is 0 Å². The molecule has 1 aromatic rings. The molecule has 1 aliphatic heterocycles. The van der Waals surface area contributed by atoms with E-state index in [4.69, 9.17) is 11.6 Å². The van der Waals surface area contributed by atoms with Gasteiger partial charge in [0.2, 0.25) is 0 Å². The Balaban J connectivity index is 2.39. The number of benzene rings is 1. The molecule has 1 N–H and O–H groups in total. The van der Waals surface area contributed by atoms with E-state index < -0.39 is 11.7 Å². The number of nitrogens with zero attached hydrogens (tertiary/aromatic N) is 1. The Kier molecular flexibility index (Phi) is 3.36. The molecule has 0 aromatic heterocycles. The lowest BCUT2D eigenvalue weighted by Crippen LogP contribution is -2.24. The Labute approximate surface area is 107 Å². The first kappa shape index (κ1) is 13.0. The lowest BCUT2D eigenvalue weighted by Gasteiger charge is -2.24. The number of hydroxylamine groups is 2. The molecular formula is C12H9ClF3NO. The van der Waals surface area contributed by atoms with Gasteiger partial charge in [-0.3, -0.25) is 10.3 Å². The van der Waals surface area contributed by atoms with Crippen molar-refractivity contribution in [3.63, 3.8) is 0 Å². The predicted octanol–water partition coefficient (Wildman–Crippen LogP) is 3.87. The van der Waals surface area contributed by atoms with E-state index >= 15 is 0 Å². The third-order valence-electron chi connectivity index (χ3n) is 2.52. The molecule has 1 aromatic carbocycles. The molecule has 1 aliphatic rings. The van der Waals surface area contributed by atoms with Crippen LogP contribution < -0.4 is 0 Å². The van der Waals surface area contributed by atoms with E-state index in [0.29, 0.717) is 10.6 Å². The van der Waals surface area contributed by atoms with Crippen LogP contribution in [0.15, 0.2) is 42.0 Å². The van der Waals surface area contributed by atoms with Gasteiger partial charge in [0, 0.05) is 10.6 Å². The first-order chi connectivity index (χ1) is 8.38. The van der Waals surface area contributed by atoms with Gasteiger partial charge in [-0.25, -0.2) is 0 Å². The Morgan fingerprint density at radius 1 is 1.17 bits per heavy atom. The molecule has 2 rings (SSSR count). The number of hydrogen-bond donors (Lipinski definition) is 1. The van der Waals surface area contributed by atoms with Gasteiger partial charge in [-0.1, -0.05) is 29.8 Å². The number of alkyl halides is 3. The van der Waals surface area contributed by atoms with E-state index in [0.717, 1.165) is 17.2 Å². The topological polar surface area (TPSA) is 23.5 Å². The Morgan fingerprint density at radius 2 is 1.78 bits per heavy atom. The Morgan fingerprint density at radius 3 is 2.33 bits per heavy atom. The van der Waals surface area contributed by atoms with Crippen LogP contribution in [0, 0.1) is 0 Å². The van der Waals surface area contributed by atoms with Gasteiger partial charge in [0.15, 0.2) is 0 Å². The van der Waals surface area contributed by atoms with E-state index in [2.05, 4.69) is 0 Å². The van der Waals surface area contributed by atoms with E-state index in [9.17, 15) is 18.4 Å². The zero-order valence-corrected chi connectivity index (χ0v) is 9.83. The molecule has 96 valence electrons. The van der Waals surface area contributed by atoms with Crippen LogP contribution in [0.4, 0.5) is 13.2 Å². The lowest BCUT2D eigenvalue weighted by atomic mass is 10.1. The SMILES string of the molecule is ON1CC=C(C(F)(F)F)C=C1c1ccc(Cl)cc1. The second-order valence-corrected chi connectivity index (χ2v) is 4.21. The Bertz CT molecular complexity index is 505. The maximum Gasteiger partial charge on any atom is 0.416 e. The molecule has 0 saturated carbocycles. The molecule has 0 radical (unpaired) electrons. The van der Waals surface area contributed by atoms with Crippen molar-refractivity contribution >= 4 is 17.3 Å². The molecule has 6 heteroatoms. The largest absolute Gasteiger partial charge is 0.416 e. The van der Waals surface area contributed by atoms with E-state index in [1.807, 2.05) is 0 Å². The van der Waals surface area contributed by atoms with E-state index in [1.165, 1.54) is 0 Å². The second-order valence-electron chi connectivity index (χ2n) is 3.78. The highest BCUT2D eigenvalue weighted by Crippen LogP contribution is 2.33. The van der Waals surface area contributed by atoms with E-state index in [1.54, 1.807) is 24.3 Å². The van der Waals surface area contributed by atoms with Crippen LogP contribution >= 0.6 is 11.6 Å². The van der Waals surface area contributed by atoms with Crippen LogP contribution in [-0.2, 0) is 0 Å². The molecule has 0 atom stereocenters. The van der Waals surface area contributed by atoms with Gasteiger partial charge in [-0.2, -0.15) is 13.2 Å². The van der Waals surface area contributed by atoms with Gasteiger partial charge in [-0.15, -0.1) is 0 Å². The summed E-state index contributed by atoms with van der Waals surface area (Å²) in [4.78, 5) is 0. The van der Waals surface area contributed by atoms with Gasteiger partial charge in [0.25, 0.3) is 0 Å². The maximum absolute atomic E-state index is 12.6. The summed E-state index contributed by atoms with van der Waals surface area (Å²) in [6.45, 7) is -0.205. The monoisotopic (exact) mass is 275 g/mol. The summed E-state index contributed by atoms with van der Waals surface area (Å²) in [5, 5.41) is 10.8. The summed E-state index contributed by atoms with van der Waals surface area (Å²) in [6.07, 6.45) is -2.58. The fourth-order valence-corrected chi connectivity index (χ4v) is 1.74. The third-order valence-corrected chi connectivity index (χ3v) is 2.77. The van der Waals surface area contributed by atoms with Crippen molar-refractivity contribution in [1.82, 2.24) is 5.06 Å². The highest BCUT2D eigenvalue weighted by Gasteiger charge is 2.34. The molecule has 0 unspecified atom stereocenters. The Hall–Kier alpha value is -1.46. The fourth-order valence-electron chi connectivity index (χ4n) is 1.61. The predicted molar refractivity (Wildman–Crippen MR) is 62.1 cm³/mol. The molecule has 0 amide bonds. The first-order valence-corrected chi connectivity index (χ1v) is 5.47. The smallest absolute Gasteiger partial charge is 0.288 e. The second kappa shape index (κ2) is 4.66. The van der Waals surface area contributed by atoms with Crippen molar-refractivity contribution < 1.29 is 18.4 Å². The van der Waals surface area contributed by atoms with Gasteiger partial charge >= 0.3 is 6.18 Å². The van der Waals surface area contributed by atoms with Crippen LogP contribution in [-0.4, -0.2) is 23.0 Å². The molecule has 2 nitrogen and oxygen atoms in total. The standard InChI is InChI=1S/C12H9ClF3NO/c13-10-3-1-8(2-4-10)11-7-9(12(14,15)16)5-6-17(11)18/h1-5,7,18H,6H2. The number of halogens is 4. The van der Waals surface area contributed by atoms with Crippen molar-refractivity contribution in [3.8, 4) is 0 Å². The average molecular weight is 276 g/mol. The zero-order valence-electron chi connectivity index (χ0n) is 9.08. The fraction of sp³-hybridized carbons (Fsp3) is 0.167. The summed E-state index contributed by atoms with van der Waals surface area (Å²) in [5.74, 6) is 0. The average Bonchev–Trinajstić information content (AvgIpc) is 2.29. The summed E-state index contributed by atoms with van der Waals surface area (Å²) < 4.78 is 37.8. The maximum atomic E-state index is 12.6. The third kappa shape index (κ3) is 2.68. The minimum atomic E-state index is -4.42. The van der Waals surface area contributed by atoms with Gasteiger partial charge in [0.1, 0.15) is 0 Å². The molecule has 1 heterocycles. The van der Waals surface area contributed by atoms with Crippen molar-refractivity contribution in [1.29, 1.82) is 0 Å². The molecule has 0 saturated heterocycles. The van der Waals surface area contributed by atoms with Gasteiger partial charge in [-0.05, 0) is 18.2 Å². The van der Waals surface area contributed by atoms with Crippen LogP contribution in [0.3, 0.4) is 0 Å². The van der Waals surface area contributed by atoms with Crippen molar-refractivity contribution in [2.24, 2.45) is 0 Å². The van der Waals surface area contributed by atoms with Crippen molar-refractivity contribution in [3.05, 3.63) is 52.6 Å². The van der Waals surface area contributed by atoms with Crippen LogP contribution in [0.25, 0.3) is 5.70 Å². The van der Waals surface area contributed by atoms with Gasteiger partial charge in [0.05, 0.1) is 17.8 Å². The molecule has 18 heavy (non-hydrogen) atoms. The lowest BCUT2D eigenvalue weighted by molar-refractivity contribution is -0.0906. The molecule has 0 spiro atoms. The minimum absolute atomic E-state index is 0.0986. The number of hydrogen-bond acceptors (Lipinski definition) is 2. The van der Waals surface area contributed by atoms with Crippen LogP contribution in [0.1, 0.15) is 5.56 Å². The van der Waals surface area contributed by atoms with Crippen LogP contribution in [0.5, 0.6) is 0 Å². The minimum Gasteiger partial charge on any atom is -0.288 e. The highest BCUT2D eigenvalue weighted by molar-refractivity contribution is 6.30. The summed E-state index contributed by atoms with van der Waals surface area (Å²) in [5.41, 5.74) is -0.198. The normalized spacial score (nSPS) is 16.4. The molecule has 0 bridgehead atoms. The van der Waals surface area contributed by atoms with Crippen molar-refractivity contribution in [2.45, 2.75) is 6.18 Å².